The van der Waals surface area contributed by atoms with Crippen LogP contribution in [-0.4, -0.2) is 13.2 Å². The van der Waals surface area contributed by atoms with Crippen molar-refractivity contribution < 1.29 is 4.74 Å². The van der Waals surface area contributed by atoms with E-state index in [0.29, 0.717) is 0 Å². The van der Waals surface area contributed by atoms with Crippen molar-refractivity contribution in [1.29, 1.82) is 0 Å². The summed E-state index contributed by atoms with van der Waals surface area (Å²) in [6.45, 7) is 8.35. The number of hydrogen-bond donors (Lipinski definition) is 0. The molecule has 11 heavy (non-hydrogen) atoms. The molecule has 1 heteroatoms. The van der Waals surface area contributed by atoms with Gasteiger partial charge in [0.15, 0.2) is 0 Å². The maximum absolute atomic E-state index is 5.06. The Bertz CT molecular complexity index is 154. The van der Waals surface area contributed by atoms with Crippen LogP contribution in [0, 0.1) is 17.3 Å². The predicted octanol–water partition coefficient (Wildman–Crippen LogP) is 2.46. The minimum atomic E-state index is 0.119. The molecule has 0 saturated heterocycles. The van der Waals surface area contributed by atoms with Crippen LogP contribution in [0.2, 0.25) is 0 Å². The van der Waals surface area contributed by atoms with Gasteiger partial charge in [0.25, 0.3) is 0 Å². The molecule has 0 aromatic heterocycles. The topological polar surface area (TPSA) is 9.23 Å². The second-order valence-corrected chi connectivity index (χ2v) is 3.80. The Balaban J connectivity index is 3.73. The number of methoxy groups -OCH3 is 1. The molecule has 0 N–H and O–H groups in total. The third-order valence-corrected chi connectivity index (χ3v) is 1.26. The van der Waals surface area contributed by atoms with E-state index in [-0.39, 0.29) is 11.5 Å². The standard InChI is InChI=1S/C10H18O/c1-9(11-5)7-6-8-10(2,3)4/h9H,7H2,1-5H3. The minimum Gasteiger partial charge on any atom is -0.381 e. The molecular formula is C10H18O. The molecule has 0 saturated carbocycles. The molecule has 0 spiro atoms. The van der Waals surface area contributed by atoms with Crippen LogP contribution in [-0.2, 0) is 4.74 Å². The Labute approximate surface area is 70.1 Å². The second-order valence-electron chi connectivity index (χ2n) is 3.80. The molecule has 1 unspecified atom stereocenters. The molecule has 1 atom stereocenters. The van der Waals surface area contributed by atoms with Gasteiger partial charge in [-0.2, -0.15) is 0 Å². The molecule has 64 valence electrons. The lowest BCUT2D eigenvalue weighted by Crippen LogP contribution is -2.04. The van der Waals surface area contributed by atoms with Crippen LogP contribution >= 0.6 is 0 Å². The molecule has 0 bridgehead atoms. The first kappa shape index (κ1) is 10.5. The van der Waals surface area contributed by atoms with Gasteiger partial charge in [-0.1, -0.05) is 5.92 Å². The smallest absolute Gasteiger partial charge is 0.0652 e. The molecular weight excluding hydrogens is 136 g/mol. The normalized spacial score (nSPS) is 13.5. The molecule has 0 heterocycles. The summed E-state index contributed by atoms with van der Waals surface area (Å²) >= 11 is 0. The van der Waals surface area contributed by atoms with Gasteiger partial charge in [-0.15, -0.1) is 5.92 Å². The number of ether oxygens (including phenoxy) is 1. The quantitative estimate of drug-likeness (QED) is 0.555. The van der Waals surface area contributed by atoms with E-state index in [1.165, 1.54) is 0 Å². The molecule has 1 nitrogen and oxygen atoms in total. The summed E-state index contributed by atoms with van der Waals surface area (Å²) in [6, 6.07) is 0. The highest BCUT2D eigenvalue weighted by molar-refractivity contribution is 5.07. The lowest BCUT2D eigenvalue weighted by Gasteiger charge is -2.08. The fraction of sp³-hybridized carbons (Fsp3) is 0.800. The van der Waals surface area contributed by atoms with Crippen molar-refractivity contribution in [2.24, 2.45) is 5.41 Å². The Hall–Kier alpha value is -0.480. The van der Waals surface area contributed by atoms with Gasteiger partial charge in [-0.25, -0.2) is 0 Å². The minimum absolute atomic E-state index is 0.119. The largest absolute Gasteiger partial charge is 0.381 e. The van der Waals surface area contributed by atoms with E-state index in [0.717, 1.165) is 6.42 Å². The van der Waals surface area contributed by atoms with Gasteiger partial charge in [0.05, 0.1) is 6.10 Å². The summed E-state index contributed by atoms with van der Waals surface area (Å²) in [5.41, 5.74) is 0.119. The van der Waals surface area contributed by atoms with E-state index >= 15 is 0 Å². The lowest BCUT2D eigenvalue weighted by molar-refractivity contribution is 0.123. The maximum Gasteiger partial charge on any atom is 0.0652 e. The van der Waals surface area contributed by atoms with Crippen LogP contribution in [0.3, 0.4) is 0 Å². The van der Waals surface area contributed by atoms with Crippen LogP contribution < -0.4 is 0 Å². The maximum atomic E-state index is 5.06. The average Bonchev–Trinajstić information content (AvgIpc) is 1.85. The van der Waals surface area contributed by atoms with Gasteiger partial charge in [0, 0.05) is 18.9 Å². The highest BCUT2D eigenvalue weighted by Gasteiger charge is 2.03. The average molecular weight is 154 g/mol. The van der Waals surface area contributed by atoms with Gasteiger partial charge < -0.3 is 4.74 Å². The van der Waals surface area contributed by atoms with Gasteiger partial charge in [0.2, 0.25) is 0 Å². The van der Waals surface area contributed by atoms with E-state index in [4.69, 9.17) is 4.74 Å². The summed E-state index contributed by atoms with van der Waals surface area (Å²) in [6.07, 6.45) is 1.08. The molecule has 0 radical (unpaired) electrons. The SMILES string of the molecule is COC(C)CC#CC(C)(C)C. The highest BCUT2D eigenvalue weighted by Crippen LogP contribution is 2.10. The van der Waals surface area contributed by atoms with Crippen LogP contribution in [0.4, 0.5) is 0 Å². The Kier molecular flexibility index (Phi) is 4.22. The first-order valence-electron chi connectivity index (χ1n) is 3.98. The Morgan fingerprint density at radius 3 is 2.27 bits per heavy atom. The van der Waals surface area contributed by atoms with E-state index < -0.39 is 0 Å². The summed E-state index contributed by atoms with van der Waals surface area (Å²) in [5, 5.41) is 0. The third-order valence-electron chi connectivity index (χ3n) is 1.26. The van der Waals surface area contributed by atoms with E-state index in [1.54, 1.807) is 7.11 Å². The molecule has 0 aliphatic carbocycles. The molecule has 0 fully saturated rings. The first-order chi connectivity index (χ1) is 4.95. The number of rotatable bonds is 2. The second kappa shape index (κ2) is 4.41. The van der Waals surface area contributed by atoms with Gasteiger partial charge in [-0.05, 0) is 27.7 Å². The van der Waals surface area contributed by atoms with Crippen molar-refractivity contribution in [2.75, 3.05) is 7.11 Å². The van der Waals surface area contributed by atoms with Crippen LogP contribution in [0.15, 0.2) is 0 Å². The zero-order valence-electron chi connectivity index (χ0n) is 8.19. The van der Waals surface area contributed by atoms with Crippen LogP contribution in [0.25, 0.3) is 0 Å². The summed E-state index contributed by atoms with van der Waals surface area (Å²) < 4.78 is 5.06. The Morgan fingerprint density at radius 1 is 1.36 bits per heavy atom. The Morgan fingerprint density at radius 2 is 1.91 bits per heavy atom. The summed E-state index contributed by atoms with van der Waals surface area (Å²) in [7, 11) is 1.71. The van der Waals surface area contributed by atoms with Gasteiger partial charge in [-0.3, -0.25) is 0 Å². The van der Waals surface area contributed by atoms with E-state index in [9.17, 15) is 0 Å². The zero-order valence-corrected chi connectivity index (χ0v) is 8.19. The monoisotopic (exact) mass is 154 g/mol. The predicted molar refractivity (Wildman–Crippen MR) is 48.3 cm³/mol. The fourth-order valence-electron chi connectivity index (χ4n) is 0.543. The first-order valence-corrected chi connectivity index (χ1v) is 3.98. The van der Waals surface area contributed by atoms with Crippen molar-refractivity contribution in [3.8, 4) is 11.8 Å². The molecule has 0 rings (SSSR count). The van der Waals surface area contributed by atoms with Crippen molar-refractivity contribution in [3.05, 3.63) is 0 Å². The van der Waals surface area contributed by atoms with Crippen LogP contribution in [0.1, 0.15) is 34.1 Å². The molecule has 0 aliphatic heterocycles. The third kappa shape index (κ3) is 7.42. The van der Waals surface area contributed by atoms with Gasteiger partial charge >= 0.3 is 0 Å². The molecule has 0 aromatic carbocycles. The molecule has 0 amide bonds. The molecule has 0 aliphatic rings. The van der Waals surface area contributed by atoms with E-state index in [1.807, 2.05) is 6.92 Å². The number of hydrogen-bond acceptors (Lipinski definition) is 1. The fourth-order valence-corrected chi connectivity index (χ4v) is 0.543. The lowest BCUT2D eigenvalue weighted by atomic mass is 9.98. The molecule has 0 aromatic rings. The van der Waals surface area contributed by atoms with Crippen molar-refractivity contribution in [2.45, 2.75) is 40.2 Å². The van der Waals surface area contributed by atoms with Crippen molar-refractivity contribution in [3.63, 3.8) is 0 Å². The van der Waals surface area contributed by atoms with Crippen molar-refractivity contribution in [1.82, 2.24) is 0 Å². The summed E-state index contributed by atoms with van der Waals surface area (Å²) in [5.74, 6) is 6.26. The summed E-state index contributed by atoms with van der Waals surface area (Å²) in [4.78, 5) is 0. The van der Waals surface area contributed by atoms with Gasteiger partial charge in [0.1, 0.15) is 0 Å². The zero-order chi connectivity index (χ0) is 8.91. The van der Waals surface area contributed by atoms with Crippen molar-refractivity contribution >= 4 is 0 Å². The van der Waals surface area contributed by atoms with Crippen LogP contribution in [0.5, 0.6) is 0 Å². The highest BCUT2D eigenvalue weighted by atomic mass is 16.5. The van der Waals surface area contributed by atoms with E-state index in [2.05, 4.69) is 32.6 Å².